The van der Waals surface area contributed by atoms with Crippen LogP contribution in [0.2, 0.25) is 0 Å². The SMILES string of the molecule is C=CCN1C(=O)/C(=C/c2ccccn2)S/C1=N/c1nc(C)cs1. The highest BCUT2D eigenvalue weighted by molar-refractivity contribution is 8.18. The quantitative estimate of drug-likeness (QED) is 0.629. The van der Waals surface area contributed by atoms with Gasteiger partial charge in [-0.2, -0.15) is 4.99 Å². The molecule has 116 valence electrons. The molecule has 2 aromatic heterocycles. The van der Waals surface area contributed by atoms with Crippen LogP contribution < -0.4 is 0 Å². The van der Waals surface area contributed by atoms with Gasteiger partial charge < -0.3 is 0 Å². The van der Waals surface area contributed by atoms with E-state index in [1.54, 1.807) is 23.2 Å². The molecule has 7 heteroatoms. The van der Waals surface area contributed by atoms with Gasteiger partial charge in [-0.05, 0) is 36.9 Å². The molecule has 0 unspecified atom stereocenters. The van der Waals surface area contributed by atoms with Crippen molar-refractivity contribution in [2.75, 3.05) is 6.54 Å². The van der Waals surface area contributed by atoms with Crippen LogP contribution >= 0.6 is 23.1 Å². The zero-order valence-corrected chi connectivity index (χ0v) is 14.1. The van der Waals surface area contributed by atoms with E-state index in [1.807, 2.05) is 30.5 Å². The highest BCUT2D eigenvalue weighted by atomic mass is 32.2. The van der Waals surface area contributed by atoms with E-state index in [-0.39, 0.29) is 5.91 Å². The first-order chi connectivity index (χ1) is 11.2. The van der Waals surface area contributed by atoms with Crippen LogP contribution in [0.1, 0.15) is 11.4 Å². The summed E-state index contributed by atoms with van der Waals surface area (Å²) in [6.07, 6.45) is 5.16. The maximum atomic E-state index is 12.6. The minimum atomic E-state index is -0.0902. The zero-order chi connectivity index (χ0) is 16.2. The number of aliphatic imine (C=N–C) groups is 1. The van der Waals surface area contributed by atoms with Gasteiger partial charge >= 0.3 is 0 Å². The van der Waals surface area contributed by atoms with E-state index in [4.69, 9.17) is 0 Å². The van der Waals surface area contributed by atoms with Crippen molar-refractivity contribution in [3.05, 3.63) is 58.7 Å². The van der Waals surface area contributed by atoms with Crippen LogP contribution in [0, 0.1) is 6.92 Å². The molecule has 3 heterocycles. The van der Waals surface area contributed by atoms with Gasteiger partial charge in [0, 0.05) is 18.1 Å². The molecule has 0 saturated carbocycles. The summed E-state index contributed by atoms with van der Waals surface area (Å²) in [7, 11) is 0. The molecule has 0 spiro atoms. The molecule has 1 saturated heterocycles. The van der Waals surface area contributed by atoms with Crippen molar-refractivity contribution in [3.8, 4) is 0 Å². The number of pyridine rings is 1. The van der Waals surface area contributed by atoms with Crippen LogP contribution in [0.15, 0.2) is 52.3 Å². The second kappa shape index (κ2) is 6.89. The standard InChI is InChI=1S/C16H14N4OS2/c1-3-8-20-14(21)13(9-12-6-4-5-7-17-12)23-16(20)19-15-18-11(2)10-22-15/h3-7,9-10H,1,8H2,2H3/b13-9-,19-16+. The lowest BCUT2D eigenvalue weighted by Crippen LogP contribution is -2.29. The van der Waals surface area contributed by atoms with Gasteiger partial charge in [0.05, 0.1) is 16.3 Å². The van der Waals surface area contributed by atoms with Crippen LogP contribution in [0.25, 0.3) is 6.08 Å². The number of nitrogens with zero attached hydrogens (tertiary/aromatic N) is 4. The number of hydrogen-bond acceptors (Lipinski definition) is 6. The Morgan fingerprint density at radius 2 is 2.30 bits per heavy atom. The molecular formula is C16H14N4OS2. The fraction of sp³-hybridized carbons (Fsp3) is 0.125. The minimum absolute atomic E-state index is 0.0902. The maximum absolute atomic E-state index is 12.6. The highest BCUT2D eigenvalue weighted by Gasteiger charge is 2.32. The van der Waals surface area contributed by atoms with Gasteiger partial charge in [0.2, 0.25) is 5.13 Å². The third kappa shape index (κ3) is 3.57. The molecule has 0 radical (unpaired) electrons. The normalized spacial score (nSPS) is 18.1. The largest absolute Gasteiger partial charge is 0.282 e. The summed E-state index contributed by atoms with van der Waals surface area (Å²) < 4.78 is 0. The van der Waals surface area contributed by atoms with Gasteiger partial charge in [-0.1, -0.05) is 12.1 Å². The Morgan fingerprint density at radius 1 is 1.43 bits per heavy atom. The number of thiazole rings is 1. The summed E-state index contributed by atoms with van der Waals surface area (Å²) in [6, 6.07) is 5.59. The van der Waals surface area contributed by atoms with Gasteiger partial charge in [0.1, 0.15) is 0 Å². The van der Waals surface area contributed by atoms with E-state index >= 15 is 0 Å². The highest BCUT2D eigenvalue weighted by Crippen LogP contribution is 2.34. The number of carbonyl (C=O) groups excluding carboxylic acids is 1. The van der Waals surface area contributed by atoms with Gasteiger partial charge in [-0.25, -0.2) is 4.98 Å². The molecule has 2 aromatic rings. The van der Waals surface area contributed by atoms with Crippen LogP contribution in [0.4, 0.5) is 5.13 Å². The van der Waals surface area contributed by atoms with Crippen molar-refractivity contribution < 1.29 is 4.79 Å². The van der Waals surface area contributed by atoms with Crippen molar-refractivity contribution in [1.82, 2.24) is 14.9 Å². The van der Waals surface area contributed by atoms with E-state index in [9.17, 15) is 4.79 Å². The Bertz CT molecular complexity index is 795. The fourth-order valence-corrected chi connectivity index (χ4v) is 3.65. The summed E-state index contributed by atoms with van der Waals surface area (Å²) in [6.45, 7) is 6.04. The minimum Gasteiger partial charge on any atom is -0.282 e. The predicted octanol–water partition coefficient (Wildman–Crippen LogP) is 3.64. The molecule has 1 aliphatic heterocycles. The summed E-state index contributed by atoms with van der Waals surface area (Å²) in [5, 5.41) is 3.20. The molecule has 5 nitrogen and oxygen atoms in total. The van der Waals surface area contributed by atoms with E-state index < -0.39 is 0 Å². The molecule has 23 heavy (non-hydrogen) atoms. The third-order valence-corrected chi connectivity index (χ3v) is 4.82. The van der Waals surface area contributed by atoms with Gasteiger partial charge in [0.15, 0.2) is 5.17 Å². The van der Waals surface area contributed by atoms with E-state index in [1.165, 1.54) is 23.1 Å². The summed E-state index contributed by atoms with van der Waals surface area (Å²) >= 11 is 2.79. The van der Waals surface area contributed by atoms with Crippen LogP contribution in [-0.2, 0) is 4.79 Å². The van der Waals surface area contributed by atoms with E-state index in [0.29, 0.717) is 21.7 Å². The first-order valence-corrected chi connectivity index (χ1v) is 8.61. The van der Waals surface area contributed by atoms with E-state index in [2.05, 4.69) is 21.5 Å². The van der Waals surface area contributed by atoms with Crippen molar-refractivity contribution in [3.63, 3.8) is 0 Å². The molecule has 0 atom stereocenters. The Balaban J connectivity index is 1.94. The van der Waals surface area contributed by atoms with Crippen LogP contribution in [0.5, 0.6) is 0 Å². The van der Waals surface area contributed by atoms with Crippen molar-refractivity contribution in [1.29, 1.82) is 0 Å². The van der Waals surface area contributed by atoms with Crippen molar-refractivity contribution in [2.45, 2.75) is 6.92 Å². The average Bonchev–Trinajstić information content (AvgIpc) is 3.08. The van der Waals surface area contributed by atoms with Gasteiger partial charge in [-0.15, -0.1) is 17.9 Å². The number of hydrogen-bond donors (Lipinski definition) is 0. The summed E-state index contributed by atoms with van der Waals surface area (Å²) in [4.78, 5) is 27.8. The number of amides is 1. The van der Waals surface area contributed by atoms with Crippen LogP contribution in [-0.4, -0.2) is 32.5 Å². The van der Waals surface area contributed by atoms with Crippen molar-refractivity contribution in [2.24, 2.45) is 4.99 Å². The third-order valence-electron chi connectivity index (χ3n) is 2.96. The Kier molecular flexibility index (Phi) is 4.68. The second-order valence-electron chi connectivity index (χ2n) is 4.74. The first-order valence-electron chi connectivity index (χ1n) is 6.91. The van der Waals surface area contributed by atoms with Crippen LogP contribution in [0.3, 0.4) is 0 Å². The van der Waals surface area contributed by atoms with Gasteiger partial charge in [-0.3, -0.25) is 14.7 Å². The molecule has 0 N–H and O–H groups in total. The molecule has 1 amide bonds. The maximum Gasteiger partial charge on any atom is 0.267 e. The average molecular weight is 342 g/mol. The fourth-order valence-electron chi connectivity index (χ4n) is 1.95. The van der Waals surface area contributed by atoms with E-state index in [0.717, 1.165) is 11.4 Å². The summed E-state index contributed by atoms with van der Waals surface area (Å²) in [5.74, 6) is -0.0902. The molecular weight excluding hydrogens is 328 g/mol. The number of thioether (sulfide) groups is 1. The number of aryl methyl sites for hydroxylation is 1. The Hall–Kier alpha value is -2.25. The van der Waals surface area contributed by atoms with Crippen molar-refractivity contribution >= 4 is 45.4 Å². The molecule has 0 aromatic carbocycles. The number of carbonyl (C=O) groups is 1. The monoisotopic (exact) mass is 342 g/mol. The molecule has 3 rings (SSSR count). The summed E-state index contributed by atoms with van der Waals surface area (Å²) in [5.41, 5.74) is 1.66. The topological polar surface area (TPSA) is 58.5 Å². The molecule has 1 fully saturated rings. The number of amidine groups is 1. The smallest absolute Gasteiger partial charge is 0.267 e. The predicted molar refractivity (Wildman–Crippen MR) is 95.7 cm³/mol. The lowest BCUT2D eigenvalue weighted by Gasteiger charge is -2.11. The Labute approximate surface area is 142 Å². The zero-order valence-electron chi connectivity index (χ0n) is 12.5. The Morgan fingerprint density at radius 3 is 2.96 bits per heavy atom. The lowest BCUT2D eigenvalue weighted by molar-refractivity contribution is -0.121. The first kappa shape index (κ1) is 15.6. The van der Waals surface area contributed by atoms with Gasteiger partial charge in [0.25, 0.3) is 5.91 Å². The number of rotatable bonds is 4. The molecule has 0 aliphatic carbocycles. The number of aromatic nitrogens is 2. The molecule has 0 bridgehead atoms. The second-order valence-corrected chi connectivity index (χ2v) is 6.58. The molecule has 1 aliphatic rings. The lowest BCUT2D eigenvalue weighted by atomic mass is 10.3.